The van der Waals surface area contributed by atoms with E-state index in [2.05, 4.69) is 18.2 Å². The summed E-state index contributed by atoms with van der Waals surface area (Å²) in [6.07, 6.45) is 16.5. The van der Waals surface area contributed by atoms with Crippen LogP contribution >= 0.6 is 23.2 Å². The summed E-state index contributed by atoms with van der Waals surface area (Å²) in [4.78, 5) is 11.4. The molecule has 0 radical (unpaired) electrons. The van der Waals surface area contributed by atoms with E-state index in [1.165, 1.54) is 12.8 Å². The average molecular weight is 520 g/mol. The fourth-order valence-corrected chi connectivity index (χ4v) is 7.01. The zero-order chi connectivity index (χ0) is 24.6. The summed E-state index contributed by atoms with van der Waals surface area (Å²) in [6, 6.07) is 3.74. The van der Waals surface area contributed by atoms with Gasteiger partial charge in [0.05, 0.1) is 11.1 Å². The van der Waals surface area contributed by atoms with Gasteiger partial charge in [-0.15, -0.1) is 0 Å². The quantitative estimate of drug-likeness (QED) is 0.417. The second-order valence-electron chi connectivity index (χ2n) is 10.6. The lowest BCUT2D eigenvalue weighted by atomic mass is 9.63. The molecule has 3 atom stereocenters. The van der Waals surface area contributed by atoms with Crippen LogP contribution in [0.5, 0.6) is 5.75 Å². The van der Waals surface area contributed by atoms with Gasteiger partial charge in [-0.05, 0) is 75.1 Å². The summed E-state index contributed by atoms with van der Waals surface area (Å²) in [7, 11) is 1.77. The number of allylic oxidation sites excluding steroid dienone is 2. The molecule has 1 aromatic carbocycles. The predicted octanol–water partition coefficient (Wildman–Crippen LogP) is 6.65. The van der Waals surface area contributed by atoms with Gasteiger partial charge in [0.25, 0.3) is 0 Å². The number of benzene rings is 1. The molecular weight excluding hydrogens is 485 g/mol. The predicted molar refractivity (Wildman–Crippen MR) is 138 cm³/mol. The van der Waals surface area contributed by atoms with Gasteiger partial charge in [-0.25, -0.2) is 0 Å². The van der Waals surface area contributed by atoms with Crippen LogP contribution in [0.4, 0.5) is 0 Å². The van der Waals surface area contributed by atoms with Crippen LogP contribution in [0.3, 0.4) is 0 Å². The lowest BCUT2D eigenvalue weighted by molar-refractivity contribution is -0.143. The third-order valence-electron chi connectivity index (χ3n) is 8.40. The Labute approximate surface area is 218 Å². The molecule has 2 N–H and O–H groups in total. The highest BCUT2D eigenvalue weighted by atomic mass is 35.5. The van der Waals surface area contributed by atoms with E-state index in [1.807, 2.05) is 6.07 Å². The highest BCUT2D eigenvalue weighted by Crippen LogP contribution is 2.58. The van der Waals surface area contributed by atoms with Crippen LogP contribution in [0, 0.1) is 0 Å². The Morgan fingerprint density at radius 1 is 1.20 bits per heavy atom. The van der Waals surface area contributed by atoms with Crippen molar-refractivity contribution in [3.8, 4) is 5.75 Å². The van der Waals surface area contributed by atoms with Gasteiger partial charge in [-0.2, -0.15) is 0 Å². The van der Waals surface area contributed by atoms with Crippen molar-refractivity contribution in [2.45, 2.75) is 100.0 Å². The molecule has 5 rings (SSSR count). The third-order valence-corrected chi connectivity index (χ3v) is 8.90. The Kier molecular flexibility index (Phi) is 7.24. The summed E-state index contributed by atoms with van der Waals surface area (Å²) in [5.74, 6) is 0.398. The molecule has 190 valence electrons. The van der Waals surface area contributed by atoms with Gasteiger partial charge in [-0.1, -0.05) is 48.2 Å². The number of carbonyl (C=O) groups is 1. The van der Waals surface area contributed by atoms with Gasteiger partial charge in [0.15, 0.2) is 0 Å². The molecule has 35 heavy (non-hydrogen) atoms. The van der Waals surface area contributed by atoms with Gasteiger partial charge in [-0.3, -0.25) is 4.79 Å². The zero-order valence-electron chi connectivity index (χ0n) is 20.4. The number of hydrogen-bond donors (Lipinski definition) is 1. The number of nitrogens with two attached hydrogens (primary N) is 1. The van der Waals surface area contributed by atoms with Crippen LogP contribution in [0.15, 0.2) is 35.9 Å². The van der Waals surface area contributed by atoms with Crippen molar-refractivity contribution >= 4 is 29.1 Å². The minimum atomic E-state index is -0.742. The van der Waals surface area contributed by atoms with Gasteiger partial charge in [0.1, 0.15) is 23.1 Å². The summed E-state index contributed by atoms with van der Waals surface area (Å²) in [5, 5.41) is 1.13. The lowest BCUT2D eigenvalue weighted by Gasteiger charge is -2.54. The van der Waals surface area contributed by atoms with E-state index in [-0.39, 0.29) is 29.6 Å². The molecule has 4 aliphatic rings. The maximum absolute atomic E-state index is 11.4. The van der Waals surface area contributed by atoms with E-state index in [4.69, 9.17) is 43.1 Å². The first kappa shape index (κ1) is 25.1. The van der Waals surface area contributed by atoms with Crippen LogP contribution in [0.25, 0.3) is 0 Å². The molecule has 5 nitrogen and oxygen atoms in total. The first-order valence-electron chi connectivity index (χ1n) is 12.9. The van der Waals surface area contributed by atoms with Gasteiger partial charge >= 0.3 is 0 Å². The van der Waals surface area contributed by atoms with E-state index in [9.17, 15) is 4.79 Å². The van der Waals surface area contributed by atoms with Crippen molar-refractivity contribution in [3.63, 3.8) is 0 Å². The Bertz CT molecular complexity index is 1030. The molecule has 1 spiro atoms. The second kappa shape index (κ2) is 10.1. The van der Waals surface area contributed by atoms with Crippen LogP contribution in [-0.2, 0) is 14.3 Å². The van der Waals surface area contributed by atoms with Crippen LogP contribution < -0.4 is 10.5 Å². The molecule has 1 heterocycles. The van der Waals surface area contributed by atoms with Crippen molar-refractivity contribution < 1.29 is 19.0 Å². The highest BCUT2D eigenvalue weighted by molar-refractivity contribution is 6.35. The minimum Gasteiger partial charge on any atom is -0.485 e. The summed E-state index contributed by atoms with van der Waals surface area (Å²) >= 11 is 13.2. The Balaban J connectivity index is 1.57. The standard InChI is InChI=1S/C28H35Cl2NO4/c1-33-28(22-17-27(12-6-13-27)35-25-21(22)15-19(29)16-23(25)30)14-5-8-18(7-4-11-24(31)32)26(28)34-20-9-2-3-10-20/h5,8,14-16,20,22,26H,2-4,6-7,9-13,17H2,1H3,(H2,31,32). The van der Waals surface area contributed by atoms with E-state index in [0.29, 0.717) is 22.9 Å². The minimum absolute atomic E-state index is 0.0461. The Hall–Kier alpha value is -1.53. The highest BCUT2D eigenvalue weighted by Gasteiger charge is 2.56. The van der Waals surface area contributed by atoms with Gasteiger partial charge < -0.3 is 19.9 Å². The molecule has 2 fully saturated rings. The van der Waals surface area contributed by atoms with Crippen molar-refractivity contribution in [3.05, 3.63) is 51.5 Å². The first-order valence-corrected chi connectivity index (χ1v) is 13.7. The SMILES string of the molecule is COC1(C2CC3(CCC3)Oc3c(Cl)cc(Cl)cc32)C=CC=C(CCCC(N)=O)C1OC1CCCC1. The molecular formula is C28H35Cl2NO4. The van der Waals surface area contributed by atoms with E-state index in [0.717, 1.165) is 61.8 Å². The van der Waals surface area contributed by atoms with Gasteiger partial charge in [0.2, 0.25) is 5.91 Å². The molecule has 0 bridgehead atoms. The fraction of sp³-hybridized carbons (Fsp3) is 0.607. The number of ether oxygens (including phenoxy) is 3. The van der Waals surface area contributed by atoms with Gasteiger partial charge in [0, 0.05) is 30.0 Å². The normalized spacial score (nSPS) is 29.4. The topological polar surface area (TPSA) is 70.8 Å². The van der Waals surface area contributed by atoms with Crippen LogP contribution in [-0.4, -0.2) is 36.4 Å². The number of rotatable bonds is 8. The smallest absolute Gasteiger partial charge is 0.217 e. The lowest BCUT2D eigenvalue weighted by Crippen LogP contribution is -2.57. The van der Waals surface area contributed by atoms with Crippen molar-refractivity contribution in [1.82, 2.24) is 0 Å². The molecule has 2 saturated carbocycles. The maximum Gasteiger partial charge on any atom is 0.217 e. The molecule has 0 aromatic heterocycles. The second-order valence-corrected chi connectivity index (χ2v) is 11.4. The number of halogens is 2. The number of methoxy groups -OCH3 is 1. The fourth-order valence-electron chi connectivity index (χ4n) is 6.46. The number of primary amides is 1. The number of amides is 1. The largest absolute Gasteiger partial charge is 0.485 e. The third kappa shape index (κ3) is 4.77. The van der Waals surface area contributed by atoms with Crippen molar-refractivity contribution in [2.75, 3.05) is 7.11 Å². The van der Waals surface area contributed by atoms with E-state index >= 15 is 0 Å². The molecule has 3 aliphatic carbocycles. The van der Waals surface area contributed by atoms with E-state index in [1.54, 1.807) is 13.2 Å². The number of fused-ring (bicyclic) bond motifs is 1. The van der Waals surface area contributed by atoms with Crippen LogP contribution in [0.1, 0.15) is 82.1 Å². The zero-order valence-corrected chi connectivity index (χ0v) is 21.9. The van der Waals surface area contributed by atoms with Crippen molar-refractivity contribution in [2.24, 2.45) is 5.73 Å². The molecule has 3 unspecified atom stereocenters. The van der Waals surface area contributed by atoms with Crippen molar-refractivity contribution in [1.29, 1.82) is 0 Å². The number of carbonyl (C=O) groups excluding carboxylic acids is 1. The van der Waals surface area contributed by atoms with Crippen LogP contribution in [0.2, 0.25) is 10.0 Å². The maximum atomic E-state index is 11.4. The summed E-state index contributed by atoms with van der Waals surface area (Å²) in [5.41, 5.74) is 6.58. The monoisotopic (exact) mass is 519 g/mol. The summed E-state index contributed by atoms with van der Waals surface area (Å²) in [6.45, 7) is 0. The molecule has 0 saturated heterocycles. The molecule has 1 aromatic rings. The Morgan fingerprint density at radius 3 is 2.63 bits per heavy atom. The first-order chi connectivity index (χ1) is 16.9. The molecule has 1 amide bonds. The summed E-state index contributed by atoms with van der Waals surface area (Å²) < 4.78 is 20.0. The molecule has 1 aliphatic heterocycles. The molecule has 7 heteroatoms. The Morgan fingerprint density at radius 2 is 1.97 bits per heavy atom. The van der Waals surface area contributed by atoms with E-state index < -0.39 is 5.60 Å². The average Bonchev–Trinajstić information content (AvgIpc) is 3.32. The number of hydrogen-bond acceptors (Lipinski definition) is 4.